The van der Waals surface area contributed by atoms with Crippen LogP contribution in [0.25, 0.3) is 0 Å². The van der Waals surface area contributed by atoms with E-state index in [1.807, 2.05) is 0 Å². The van der Waals surface area contributed by atoms with E-state index in [1.165, 1.54) is 0 Å². The second kappa shape index (κ2) is 3.66. The van der Waals surface area contributed by atoms with Gasteiger partial charge in [-0.05, 0) is 0 Å². The van der Waals surface area contributed by atoms with Crippen molar-refractivity contribution in [2.75, 3.05) is 0 Å². The Bertz CT molecular complexity index is 57.6. The van der Waals surface area contributed by atoms with Crippen molar-refractivity contribution in [1.82, 2.24) is 0 Å². The van der Waals surface area contributed by atoms with Gasteiger partial charge in [0.1, 0.15) is 0 Å². The Balaban J connectivity index is 3.68. The second-order valence-electron chi connectivity index (χ2n) is 0.356. The van der Waals surface area contributed by atoms with E-state index in [0.717, 1.165) is 0 Å². The van der Waals surface area contributed by atoms with Crippen molar-refractivity contribution < 1.29 is 14.3 Å². The first-order valence-corrected chi connectivity index (χ1v) is 6.31. The molecule has 6 heavy (non-hydrogen) atoms. The SMILES string of the molecule is Cl[C](Cl)=[Pd]([Cl])[Cl]. The van der Waals surface area contributed by atoms with Gasteiger partial charge in [0, 0.05) is 0 Å². The van der Waals surface area contributed by atoms with Gasteiger partial charge in [-0.2, -0.15) is 0 Å². The summed E-state index contributed by atoms with van der Waals surface area (Å²) in [6.45, 7) is 0. The maximum atomic E-state index is 5.19. The predicted molar refractivity (Wildman–Crippen MR) is 28.4 cm³/mol. The monoisotopic (exact) mass is 258 g/mol. The summed E-state index contributed by atoms with van der Waals surface area (Å²) in [5.74, 6) is 0. The molecule has 0 aliphatic heterocycles. The average molecular weight is 260 g/mol. The van der Waals surface area contributed by atoms with Gasteiger partial charge < -0.3 is 0 Å². The molecule has 42 valence electrons. The number of rotatable bonds is 0. The van der Waals surface area contributed by atoms with E-state index in [9.17, 15) is 0 Å². The Morgan fingerprint density at radius 1 is 1.17 bits per heavy atom. The first-order chi connectivity index (χ1) is 2.64. The van der Waals surface area contributed by atoms with Gasteiger partial charge in [-0.25, -0.2) is 0 Å². The van der Waals surface area contributed by atoms with Crippen LogP contribution < -0.4 is 0 Å². The molecule has 0 aromatic rings. The third-order valence-corrected chi connectivity index (χ3v) is 4.81. The summed E-state index contributed by atoms with van der Waals surface area (Å²) in [7, 11) is 10.4. The zero-order valence-corrected chi connectivity index (χ0v) is 6.91. The third-order valence-electron chi connectivity index (χ3n) is 0.0904. The molecule has 0 aliphatic carbocycles. The van der Waals surface area contributed by atoms with Crippen molar-refractivity contribution in [2.24, 2.45) is 0 Å². The zero-order chi connectivity index (χ0) is 5.15. The van der Waals surface area contributed by atoms with Gasteiger partial charge >= 0.3 is 59.4 Å². The fraction of sp³-hybridized carbons (Fsp3) is 0. The van der Waals surface area contributed by atoms with Crippen LogP contribution >= 0.6 is 42.3 Å². The van der Waals surface area contributed by atoms with Gasteiger partial charge in [0.05, 0.1) is 0 Å². The van der Waals surface area contributed by atoms with Crippen molar-refractivity contribution in [3.8, 4) is 0 Å². The molecule has 0 aromatic carbocycles. The van der Waals surface area contributed by atoms with Crippen LogP contribution in [-0.2, 0) is 14.3 Å². The van der Waals surface area contributed by atoms with Crippen LogP contribution in [-0.4, -0.2) is 2.90 Å². The van der Waals surface area contributed by atoms with Crippen LogP contribution in [0.4, 0.5) is 0 Å². The molecule has 0 nitrogen and oxygen atoms in total. The van der Waals surface area contributed by atoms with E-state index in [-0.39, 0.29) is 2.90 Å². The summed E-state index contributed by atoms with van der Waals surface area (Å²) in [5, 5.41) is 0. The van der Waals surface area contributed by atoms with Crippen molar-refractivity contribution in [3.05, 3.63) is 0 Å². The van der Waals surface area contributed by atoms with E-state index >= 15 is 0 Å². The molecule has 0 aromatic heterocycles. The van der Waals surface area contributed by atoms with Crippen LogP contribution in [0.15, 0.2) is 0 Å². The molecule has 0 heterocycles. The average Bonchev–Trinajstić information content (AvgIpc) is 1.36. The van der Waals surface area contributed by atoms with E-state index in [2.05, 4.69) is 0 Å². The van der Waals surface area contributed by atoms with Gasteiger partial charge in [0.15, 0.2) is 0 Å². The molecule has 0 fully saturated rings. The molecule has 0 bridgehead atoms. The molecular formula is CCl4Pd. The molecule has 5 heteroatoms. The summed E-state index contributed by atoms with van der Waals surface area (Å²) in [6, 6.07) is 0. The van der Waals surface area contributed by atoms with Gasteiger partial charge in [-0.3, -0.25) is 0 Å². The molecular weight excluding hydrogens is 260 g/mol. The molecule has 0 radical (unpaired) electrons. The van der Waals surface area contributed by atoms with Crippen LogP contribution in [0, 0.1) is 0 Å². The quantitative estimate of drug-likeness (QED) is 0.587. The number of hydrogen-bond acceptors (Lipinski definition) is 0. The van der Waals surface area contributed by atoms with Gasteiger partial charge in [-0.15, -0.1) is 0 Å². The van der Waals surface area contributed by atoms with Crippen LogP contribution in [0.5, 0.6) is 0 Å². The first kappa shape index (κ1) is 7.69. The Morgan fingerprint density at radius 3 is 1.33 bits per heavy atom. The zero-order valence-electron chi connectivity index (χ0n) is 2.33. The molecule has 0 saturated heterocycles. The van der Waals surface area contributed by atoms with E-state index in [1.54, 1.807) is 0 Å². The van der Waals surface area contributed by atoms with E-state index in [0.29, 0.717) is 0 Å². The molecule has 0 spiro atoms. The molecule has 0 N–H and O–H groups in total. The van der Waals surface area contributed by atoms with Crippen molar-refractivity contribution in [2.45, 2.75) is 0 Å². The Kier molecular flexibility index (Phi) is 4.70. The third kappa shape index (κ3) is 3.87. The Labute approximate surface area is 59.1 Å². The fourth-order valence-corrected chi connectivity index (χ4v) is 0. The molecule has 0 saturated carbocycles. The summed E-state index contributed by atoms with van der Waals surface area (Å²) < 4.78 is 0.101. The minimum absolute atomic E-state index is 0.101. The molecule has 0 amide bonds. The fourth-order valence-electron chi connectivity index (χ4n) is 0. The summed E-state index contributed by atoms with van der Waals surface area (Å²) in [6.07, 6.45) is 0. The molecule has 0 aliphatic rings. The summed E-state index contributed by atoms with van der Waals surface area (Å²) in [4.78, 5) is 0. The number of hydrogen-bond donors (Lipinski definition) is 0. The molecule has 0 rings (SSSR count). The molecule has 0 unspecified atom stereocenters. The topological polar surface area (TPSA) is 0 Å². The predicted octanol–water partition coefficient (Wildman–Crippen LogP) is 2.48. The standard InChI is InChI=1S/CCl2.2ClH.Pd/c2-1-3;;;/h;2*1H;/q;;;+2/p-2. The van der Waals surface area contributed by atoms with Gasteiger partial charge in [0.2, 0.25) is 0 Å². The van der Waals surface area contributed by atoms with Crippen molar-refractivity contribution in [3.63, 3.8) is 0 Å². The maximum absolute atomic E-state index is 5.19. The molecule has 0 atom stereocenters. The normalized spacial score (nSPS) is 11.0. The van der Waals surface area contributed by atoms with Gasteiger partial charge in [0.25, 0.3) is 0 Å². The summed E-state index contributed by atoms with van der Waals surface area (Å²) in [5.41, 5.74) is 0. The first-order valence-electron chi connectivity index (χ1n) is 0.775. The van der Waals surface area contributed by atoms with Crippen LogP contribution in [0.2, 0.25) is 0 Å². The minimum atomic E-state index is -1.68. The summed E-state index contributed by atoms with van der Waals surface area (Å²) >= 11 is 8.49. The second-order valence-corrected chi connectivity index (χ2v) is 7.29. The van der Waals surface area contributed by atoms with Crippen LogP contribution in [0.3, 0.4) is 0 Å². The number of halogens is 4. The van der Waals surface area contributed by atoms with E-state index < -0.39 is 14.3 Å². The van der Waals surface area contributed by atoms with E-state index in [4.69, 9.17) is 42.3 Å². The Morgan fingerprint density at radius 2 is 1.33 bits per heavy atom. The van der Waals surface area contributed by atoms with Crippen molar-refractivity contribution in [1.29, 1.82) is 0 Å². The van der Waals surface area contributed by atoms with Gasteiger partial charge in [-0.1, -0.05) is 0 Å². The van der Waals surface area contributed by atoms with Crippen molar-refractivity contribution >= 4 is 45.2 Å². The Hall–Kier alpha value is 1.69. The van der Waals surface area contributed by atoms with Crippen LogP contribution in [0.1, 0.15) is 0 Å².